The molecule has 6 heteroatoms. The van der Waals surface area contributed by atoms with Crippen molar-refractivity contribution in [3.8, 4) is 11.5 Å². The Morgan fingerprint density at radius 3 is 2.38 bits per heavy atom. The van der Waals surface area contributed by atoms with Gasteiger partial charge >= 0.3 is 6.09 Å². The molecule has 0 bridgehead atoms. The van der Waals surface area contributed by atoms with Crippen LogP contribution in [-0.2, 0) is 11.3 Å². The van der Waals surface area contributed by atoms with Crippen molar-refractivity contribution in [3.63, 3.8) is 0 Å². The third-order valence-electron chi connectivity index (χ3n) is 6.35. The molecule has 2 fully saturated rings. The monoisotopic (exact) mass is 456 g/mol. The van der Waals surface area contributed by atoms with Crippen molar-refractivity contribution in [1.29, 1.82) is 0 Å². The van der Waals surface area contributed by atoms with Crippen LogP contribution in [0.4, 0.5) is 4.79 Å². The van der Waals surface area contributed by atoms with E-state index in [4.69, 9.17) is 21.1 Å². The van der Waals surface area contributed by atoms with Crippen LogP contribution in [0.15, 0.2) is 48.5 Å². The molecule has 0 atom stereocenters. The second kappa shape index (κ2) is 9.32. The molecular weight excluding hydrogens is 424 g/mol. The van der Waals surface area contributed by atoms with Gasteiger partial charge in [0, 0.05) is 31.2 Å². The Labute approximate surface area is 196 Å². The van der Waals surface area contributed by atoms with E-state index in [1.807, 2.05) is 62.1 Å². The largest absolute Gasteiger partial charge is 0.457 e. The van der Waals surface area contributed by atoms with E-state index >= 15 is 0 Å². The first-order valence-corrected chi connectivity index (χ1v) is 11.8. The van der Waals surface area contributed by atoms with Crippen LogP contribution in [0.1, 0.15) is 45.6 Å². The normalized spacial score (nSPS) is 18.7. The van der Waals surface area contributed by atoms with E-state index in [2.05, 4.69) is 17.0 Å². The number of benzene rings is 2. The molecule has 0 saturated carbocycles. The molecule has 0 aliphatic carbocycles. The highest BCUT2D eigenvalue weighted by Gasteiger charge is 2.41. The summed E-state index contributed by atoms with van der Waals surface area (Å²) in [4.78, 5) is 16.8. The minimum atomic E-state index is -0.442. The fraction of sp³-hybridized carbons (Fsp3) is 0.500. The van der Waals surface area contributed by atoms with Crippen LogP contribution in [-0.4, -0.2) is 47.7 Å². The highest BCUT2D eigenvalue weighted by atomic mass is 35.5. The molecule has 2 aliphatic heterocycles. The van der Waals surface area contributed by atoms with Gasteiger partial charge in [0.25, 0.3) is 0 Å². The number of ether oxygens (including phenoxy) is 2. The predicted octanol–water partition coefficient (Wildman–Crippen LogP) is 6.36. The van der Waals surface area contributed by atoms with E-state index in [-0.39, 0.29) is 6.09 Å². The van der Waals surface area contributed by atoms with Crippen molar-refractivity contribution in [2.24, 2.45) is 5.41 Å². The van der Waals surface area contributed by atoms with Gasteiger partial charge in [-0.25, -0.2) is 4.79 Å². The number of piperidine rings is 1. The standard InChI is InChI=1S/C26H33ClN2O3/c1-25(2,3)32-24(30)29-15-12-26(13-16-29)11-14-28(19-26)18-20-5-4-6-23(17-20)31-22-9-7-21(27)8-10-22/h4-10,17H,11-16,18-19H2,1-3H3. The molecule has 1 amide bonds. The number of hydrogen-bond donors (Lipinski definition) is 0. The first-order valence-electron chi connectivity index (χ1n) is 11.4. The van der Waals surface area contributed by atoms with Crippen LogP contribution >= 0.6 is 11.6 Å². The summed E-state index contributed by atoms with van der Waals surface area (Å²) in [5.74, 6) is 1.62. The van der Waals surface area contributed by atoms with Gasteiger partial charge in [0.1, 0.15) is 17.1 Å². The summed E-state index contributed by atoms with van der Waals surface area (Å²) in [5.41, 5.74) is 1.12. The van der Waals surface area contributed by atoms with Gasteiger partial charge < -0.3 is 14.4 Å². The van der Waals surface area contributed by atoms with Crippen LogP contribution in [0, 0.1) is 5.41 Å². The Morgan fingerprint density at radius 2 is 1.69 bits per heavy atom. The third kappa shape index (κ3) is 5.96. The maximum Gasteiger partial charge on any atom is 0.410 e. The summed E-state index contributed by atoms with van der Waals surface area (Å²) >= 11 is 5.96. The first-order chi connectivity index (χ1) is 15.2. The second-order valence-electron chi connectivity index (χ2n) is 10.1. The third-order valence-corrected chi connectivity index (χ3v) is 6.60. The molecule has 4 rings (SSSR count). The van der Waals surface area contributed by atoms with Gasteiger partial charge in [-0.1, -0.05) is 23.7 Å². The highest BCUT2D eigenvalue weighted by Crippen LogP contribution is 2.41. The zero-order valence-electron chi connectivity index (χ0n) is 19.3. The quantitative estimate of drug-likeness (QED) is 0.537. The molecule has 2 aromatic rings. The minimum absolute atomic E-state index is 0.181. The van der Waals surface area contributed by atoms with Crippen LogP contribution in [0.3, 0.4) is 0 Å². The van der Waals surface area contributed by atoms with Gasteiger partial charge in [0.15, 0.2) is 0 Å². The highest BCUT2D eigenvalue weighted by molar-refractivity contribution is 6.30. The van der Waals surface area contributed by atoms with Crippen LogP contribution in [0.25, 0.3) is 0 Å². The fourth-order valence-corrected chi connectivity index (χ4v) is 4.79. The van der Waals surface area contributed by atoms with Crippen molar-refractivity contribution >= 4 is 17.7 Å². The Kier molecular flexibility index (Phi) is 6.68. The summed E-state index contributed by atoms with van der Waals surface area (Å²) in [6.07, 6.45) is 3.10. The first kappa shape index (κ1) is 22.9. The maximum absolute atomic E-state index is 12.4. The van der Waals surface area contributed by atoms with E-state index in [1.165, 1.54) is 12.0 Å². The smallest absolute Gasteiger partial charge is 0.410 e. The molecule has 1 spiro atoms. The molecule has 0 unspecified atom stereocenters. The summed E-state index contributed by atoms with van der Waals surface area (Å²) < 4.78 is 11.5. The van der Waals surface area contributed by atoms with Crippen LogP contribution in [0.5, 0.6) is 11.5 Å². The molecule has 2 aliphatic rings. The van der Waals surface area contributed by atoms with Crippen molar-refractivity contribution in [2.75, 3.05) is 26.2 Å². The number of likely N-dealkylation sites (tertiary alicyclic amines) is 2. The zero-order chi connectivity index (χ0) is 22.8. The van der Waals surface area contributed by atoms with Crippen molar-refractivity contribution < 1.29 is 14.3 Å². The van der Waals surface area contributed by atoms with Crippen LogP contribution < -0.4 is 4.74 Å². The van der Waals surface area contributed by atoms with E-state index in [9.17, 15) is 4.79 Å². The number of amides is 1. The molecule has 5 nitrogen and oxygen atoms in total. The van der Waals surface area contributed by atoms with Gasteiger partial charge in [-0.15, -0.1) is 0 Å². The number of halogens is 1. The lowest BCUT2D eigenvalue weighted by molar-refractivity contribution is 0.0109. The predicted molar refractivity (Wildman–Crippen MR) is 127 cm³/mol. The summed E-state index contributed by atoms with van der Waals surface area (Å²) in [6.45, 7) is 10.4. The number of rotatable bonds is 4. The zero-order valence-corrected chi connectivity index (χ0v) is 20.0. The molecule has 0 N–H and O–H groups in total. The molecular formula is C26H33ClN2O3. The van der Waals surface area contributed by atoms with E-state index in [0.29, 0.717) is 10.4 Å². The summed E-state index contributed by atoms with van der Waals surface area (Å²) in [7, 11) is 0. The van der Waals surface area contributed by atoms with Crippen molar-refractivity contribution in [3.05, 3.63) is 59.1 Å². The topological polar surface area (TPSA) is 42.0 Å². The van der Waals surface area contributed by atoms with Gasteiger partial charge in [-0.2, -0.15) is 0 Å². The number of hydrogen-bond acceptors (Lipinski definition) is 4. The average Bonchev–Trinajstić information content (AvgIpc) is 3.11. The minimum Gasteiger partial charge on any atom is -0.457 e. The SMILES string of the molecule is CC(C)(C)OC(=O)N1CCC2(CCN(Cc3cccc(Oc4ccc(Cl)cc4)c3)C2)CC1. The molecule has 2 aromatic carbocycles. The maximum atomic E-state index is 12.4. The van der Waals surface area contributed by atoms with Gasteiger partial charge in [-0.3, -0.25) is 4.90 Å². The molecule has 2 saturated heterocycles. The second-order valence-corrected chi connectivity index (χ2v) is 10.6. The van der Waals surface area contributed by atoms with Gasteiger partial charge in [0.05, 0.1) is 0 Å². The molecule has 0 radical (unpaired) electrons. The lowest BCUT2D eigenvalue weighted by Crippen LogP contribution is -2.46. The van der Waals surface area contributed by atoms with Crippen molar-refractivity contribution in [2.45, 2.75) is 52.2 Å². The lowest BCUT2D eigenvalue weighted by atomic mass is 9.78. The van der Waals surface area contributed by atoms with E-state index < -0.39 is 5.60 Å². The average molecular weight is 457 g/mol. The lowest BCUT2D eigenvalue weighted by Gasteiger charge is -2.39. The van der Waals surface area contributed by atoms with E-state index in [0.717, 1.165) is 57.1 Å². The fourth-order valence-electron chi connectivity index (χ4n) is 4.67. The Hall–Kier alpha value is -2.24. The Bertz CT molecular complexity index is 931. The molecule has 172 valence electrons. The molecule has 2 heterocycles. The molecule has 0 aromatic heterocycles. The Balaban J connectivity index is 1.30. The van der Waals surface area contributed by atoms with Gasteiger partial charge in [-0.05, 0) is 94.0 Å². The number of carbonyl (C=O) groups is 1. The summed E-state index contributed by atoms with van der Waals surface area (Å²) in [5, 5.41) is 0.700. The summed E-state index contributed by atoms with van der Waals surface area (Å²) in [6, 6.07) is 15.7. The Morgan fingerprint density at radius 1 is 1.00 bits per heavy atom. The number of carbonyl (C=O) groups excluding carboxylic acids is 1. The van der Waals surface area contributed by atoms with Gasteiger partial charge in [0.2, 0.25) is 0 Å². The molecule has 32 heavy (non-hydrogen) atoms. The van der Waals surface area contributed by atoms with Crippen LogP contribution in [0.2, 0.25) is 5.02 Å². The van der Waals surface area contributed by atoms with E-state index in [1.54, 1.807) is 0 Å². The van der Waals surface area contributed by atoms with Crippen molar-refractivity contribution in [1.82, 2.24) is 9.80 Å². The number of nitrogens with zero attached hydrogens (tertiary/aromatic N) is 2.